The average molecular weight is 255 g/mol. The van der Waals surface area contributed by atoms with Gasteiger partial charge in [-0.2, -0.15) is 0 Å². The molecule has 0 amide bonds. The molecule has 4 heteroatoms. The zero-order chi connectivity index (χ0) is 12.3. The summed E-state index contributed by atoms with van der Waals surface area (Å²) in [6, 6.07) is 0. The molecule has 0 saturated heterocycles. The Bertz CT molecular complexity index is 320. The first-order valence-corrected chi connectivity index (χ1v) is 14.5. The van der Waals surface area contributed by atoms with Crippen LogP contribution in [-0.2, 0) is 4.12 Å². The van der Waals surface area contributed by atoms with Gasteiger partial charge in [-0.3, -0.25) is 0 Å². The summed E-state index contributed by atoms with van der Waals surface area (Å²) in [5, 5.41) is 0. The first-order valence-electron chi connectivity index (χ1n) is 5.20. The summed E-state index contributed by atoms with van der Waals surface area (Å²) in [5.74, 6) is 0. The van der Waals surface area contributed by atoms with E-state index in [1.807, 2.05) is 0 Å². The molecule has 0 aromatic rings. The van der Waals surface area contributed by atoms with Gasteiger partial charge < -0.3 is 4.12 Å². The van der Waals surface area contributed by atoms with Crippen LogP contribution < -0.4 is 0 Å². The fraction of sp³-hybridized carbons (Fsp3) is 0.636. The van der Waals surface area contributed by atoms with E-state index in [4.69, 9.17) is 10.5 Å². The minimum Gasteiger partial charge on any atom is -0.438 e. The number of hydrogen-bond donors (Lipinski definition) is 0. The quantitative estimate of drug-likeness (QED) is 0.544. The average Bonchev–Trinajstić information content (AvgIpc) is 1.98. The number of terminal acetylenes is 1. The first kappa shape index (κ1) is 14.7. The van der Waals surface area contributed by atoms with Crippen molar-refractivity contribution >= 4 is 24.7 Å². The molecule has 0 rings (SSSR count). The predicted molar refractivity (Wildman–Crippen MR) is 76.0 cm³/mol. The minimum atomic E-state index is -1.91. The van der Waals surface area contributed by atoms with E-state index in [2.05, 4.69) is 62.5 Å². The molecule has 0 aromatic heterocycles. The van der Waals surface area contributed by atoms with Crippen molar-refractivity contribution in [3.05, 3.63) is 0 Å². The summed E-state index contributed by atoms with van der Waals surface area (Å²) in [7, 11) is -5.08. The summed E-state index contributed by atoms with van der Waals surface area (Å²) in [5.41, 5.74) is 9.53. The zero-order valence-electron chi connectivity index (χ0n) is 11.0. The molecule has 0 unspecified atom stereocenters. The van der Waals surface area contributed by atoms with Gasteiger partial charge in [0.2, 0.25) is 0 Å². The van der Waals surface area contributed by atoms with Gasteiger partial charge in [0.25, 0.3) is 16.6 Å². The monoisotopic (exact) mass is 254 g/mol. The van der Waals surface area contributed by atoms with Crippen molar-refractivity contribution in [3.63, 3.8) is 0 Å². The van der Waals surface area contributed by atoms with E-state index in [9.17, 15) is 0 Å². The number of rotatable bonds is 2. The lowest BCUT2D eigenvalue weighted by atomic mass is 11.4. The van der Waals surface area contributed by atoms with E-state index in [0.717, 1.165) is 0 Å². The van der Waals surface area contributed by atoms with Crippen LogP contribution in [0.3, 0.4) is 0 Å². The Kier molecular flexibility index (Phi) is 4.63. The Morgan fingerprint density at radius 1 is 0.800 bits per heavy atom. The highest BCUT2D eigenvalue weighted by Gasteiger charge is 2.30. The largest absolute Gasteiger partial charge is 0.438 e. The molecule has 0 N–H and O–H groups in total. The van der Waals surface area contributed by atoms with Gasteiger partial charge in [-0.1, -0.05) is 19.6 Å². The molecule has 0 heterocycles. The molecule has 15 heavy (non-hydrogen) atoms. The molecular weight excluding hydrogens is 232 g/mol. The lowest BCUT2D eigenvalue weighted by Crippen LogP contribution is -2.43. The third kappa shape index (κ3) is 7.64. The summed E-state index contributed by atoms with van der Waals surface area (Å²) in [6.45, 7) is 15.1. The second-order valence-electron chi connectivity index (χ2n) is 5.77. The highest BCUT2D eigenvalue weighted by molar-refractivity contribution is 6.93. The Hall–Kier alpha value is -0.269. The fourth-order valence-corrected chi connectivity index (χ4v) is 9.28. The summed E-state index contributed by atoms with van der Waals surface area (Å²) >= 11 is 0. The van der Waals surface area contributed by atoms with Crippen molar-refractivity contribution in [2.75, 3.05) is 0 Å². The van der Waals surface area contributed by atoms with E-state index in [-0.39, 0.29) is 0 Å². The van der Waals surface area contributed by atoms with Crippen LogP contribution >= 0.6 is 0 Å². The van der Waals surface area contributed by atoms with Crippen molar-refractivity contribution in [2.24, 2.45) is 0 Å². The fourth-order valence-electron chi connectivity index (χ4n) is 1.03. The summed E-state index contributed by atoms with van der Waals surface area (Å²) in [4.78, 5) is 0. The van der Waals surface area contributed by atoms with Crippen LogP contribution in [-0.4, -0.2) is 24.7 Å². The van der Waals surface area contributed by atoms with Crippen molar-refractivity contribution in [3.8, 4) is 23.1 Å². The van der Waals surface area contributed by atoms with Gasteiger partial charge in [-0.25, -0.2) is 0 Å². The minimum absolute atomic E-state index is 1.30. The molecule has 1 nitrogen and oxygen atoms in total. The normalized spacial score (nSPS) is 12.7. The maximum atomic E-state index is 6.06. The van der Waals surface area contributed by atoms with Crippen LogP contribution in [0.1, 0.15) is 0 Å². The Morgan fingerprint density at radius 2 is 1.27 bits per heavy atom. The smallest absolute Gasteiger partial charge is 0.256 e. The molecule has 84 valence electrons. The molecule has 0 atom stereocenters. The summed E-state index contributed by atoms with van der Waals surface area (Å²) in [6.07, 6.45) is 5.46. The molecule has 0 aliphatic heterocycles. The van der Waals surface area contributed by atoms with Crippen molar-refractivity contribution in [2.45, 2.75) is 45.8 Å². The molecule has 0 spiro atoms. The molecule has 0 radical (unpaired) electrons. The van der Waals surface area contributed by atoms with Gasteiger partial charge in [-0.05, 0) is 26.2 Å². The van der Waals surface area contributed by atoms with Crippen LogP contribution in [0.15, 0.2) is 0 Å². The maximum absolute atomic E-state index is 6.06. The van der Waals surface area contributed by atoms with Gasteiger partial charge in [0, 0.05) is 0 Å². The molecule has 0 bridgehead atoms. The van der Waals surface area contributed by atoms with Gasteiger partial charge in [0.05, 0.1) is 0 Å². The van der Waals surface area contributed by atoms with E-state index in [1.165, 1.54) is 0 Å². The van der Waals surface area contributed by atoms with Gasteiger partial charge >= 0.3 is 0 Å². The molecule has 0 aliphatic carbocycles. The highest BCUT2D eigenvalue weighted by Crippen LogP contribution is 2.13. The van der Waals surface area contributed by atoms with E-state index in [1.54, 1.807) is 0 Å². The Labute approximate surface area is 97.9 Å². The van der Waals surface area contributed by atoms with Crippen LogP contribution in [0.25, 0.3) is 0 Å². The third-order valence-electron chi connectivity index (χ3n) is 1.60. The van der Waals surface area contributed by atoms with Crippen LogP contribution in [0, 0.1) is 23.1 Å². The van der Waals surface area contributed by atoms with Crippen LogP contribution in [0.4, 0.5) is 0 Å². The van der Waals surface area contributed by atoms with Crippen LogP contribution in [0.2, 0.25) is 45.8 Å². The van der Waals surface area contributed by atoms with Crippen LogP contribution in [0.5, 0.6) is 0 Å². The summed E-state index contributed by atoms with van der Waals surface area (Å²) < 4.78 is 6.06. The Balaban J connectivity index is 4.72. The standard InChI is InChI=1S/C11H22OSi3/c1-9-14(5,6)12-15(7,8)11-10-13(2,3)4/h1H,2-8H3. The molecule has 0 fully saturated rings. The van der Waals surface area contributed by atoms with E-state index in [0.29, 0.717) is 0 Å². The molecule has 0 aliphatic rings. The predicted octanol–water partition coefficient (Wildman–Crippen LogP) is 3.01. The molecule has 0 aromatic carbocycles. The van der Waals surface area contributed by atoms with Gasteiger partial charge in [0.15, 0.2) is 0 Å². The van der Waals surface area contributed by atoms with Crippen molar-refractivity contribution in [1.29, 1.82) is 0 Å². The van der Waals surface area contributed by atoms with Crippen molar-refractivity contribution in [1.82, 2.24) is 0 Å². The first-order chi connectivity index (χ1) is 6.47. The van der Waals surface area contributed by atoms with Gasteiger partial charge in [-0.15, -0.1) is 23.1 Å². The lowest BCUT2D eigenvalue weighted by molar-refractivity contribution is 0.576. The molecule has 0 saturated carbocycles. The van der Waals surface area contributed by atoms with E-state index >= 15 is 0 Å². The Morgan fingerprint density at radius 3 is 1.60 bits per heavy atom. The SMILES string of the molecule is C#C[Si](C)(C)O[Si](C)(C)C#C[Si](C)(C)C. The lowest BCUT2D eigenvalue weighted by Gasteiger charge is -2.26. The second-order valence-corrected chi connectivity index (χ2v) is 17.9. The maximum Gasteiger partial charge on any atom is 0.256 e. The highest BCUT2D eigenvalue weighted by atomic mass is 28.4. The molecular formula is C11H22OSi3. The third-order valence-corrected chi connectivity index (χ3v) is 8.23. The van der Waals surface area contributed by atoms with E-state index < -0.39 is 24.7 Å². The van der Waals surface area contributed by atoms with Crippen molar-refractivity contribution < 1.29 is 4.12 Å². The second kappa shape index (κ2) is 4.71. The topological polar surface area (TPSA) is 9.23 Å². The number of hydrogen-bond acceptors (Lipinski definition) is 1. The van der Waals surface area contributed by atoms with Gasteiger partial charge in [0.1, 0.15) is 8.07 Å². The zero-order valence-corrected chi connectivity index (χ0v) is 14.0.